The number of thiophene rings is 1. The molecule has 1 aliphatic rings. The van der Waals surface area contributed by atoms with Crippen molar-refractivity contribution in [2.24, 2.45) is 0 Å². The van der Waals surface area contributed by atoms with E-state index in [0.717, 1.165) is 38.2 Å². The molecule has 6 aromatic rings. The van der Waals surface area contributed by atoms with E-state index in [1.807, 2.05) is 0 Å². The van der Waals surface area contributed by atoms with Crippen LogP contribution in [0.5, 0.6) is 0 Å². The molecule has 0 saturated carbocycles. The van der Waals surface area contributed by atoms with Crippen LogP contribution in [0.2, 0.25) is 0 Å². The summed E-state index contributed by atoms with van der Waals surface area (Å²) in [5, 5.41) is 7.01. The summed E-state index contributed by atoms with van der Waals surface area (Å²) in [5.41, 5.74) is 1.84. The molecule has 2 aromatic heterocycles. The number of hydrogen-bond acceptors (Lipinski definition) is 4. The fraction of sp³-hybridized carbons (Fsp3) is 0.214. The van der Waals surface area contributed by atoms with Crippen LogP contribution in [0.15, 0.2) is 71.1 Å². The summed E-state index contributed by atoms with van der Waals surface area (Å²) in [6.07, 6.45) is 0. The van der Waals surface area contributed by atoms with Gasteiger partial charge in [0.05, 0.1) is 11.2 Å². The molecule has 33 heavy (non-hydrogen) atoms. The second-order valence-electron chi connectivity index (χ2n) is 9.99. The van der Waals surface area contributed by atoms with Crippen LogP contribution in [0.1, 0.15) is 27.7 Å². The van der Waals surface area contributed by atoms with Gasteiger partial charge in [0, 0.05) is 36.4 Å². The van der Waals surface area contributed by atoms with Gasteiger partial charge in [-0.15, -0.1) is 11.3 Å². The molecule has 1 saturated heterocycles. The van der Waals surface area contributed by atoms with Crippen molar-refractivity contribution in [3.63, 3.8) is 0 Å². The van der Waals surface area contributed by atoms with Crippen molar-refractivity contribution in [2.45, 2.75) is 38.9 Å². The Kier molecular flexibility index (Phi) is 3.79. The highest BCUT2D eigenvalue weighted by Crippen LogP contribution is 2.44. The summed E-state index contributed by atoms with van der Waals surface area (Å²) in [6, 6.07) is 23.7. The molecule has 0 radical (unpaired) electrons. The van der Waals surface area contributed by atoms with Crippen molar-refractivity contribution in [1.29, 1.82) is 0 Å². The predicted octanol–water partition coefficient (Wildman–Crippen LogP) is 7.41. The molecule has 0 N–H and O–H groups in total. The first-order chi connectivity index (χ1) is 15.8. The summed E-state index contributed by atoms with van der Waals surface area (Å²) in [7, 11) is -0.493. The van der Waals surface area contributed by atoms with Gasteiger partial charge in [0.15, 0.2) is 0 Å². The number of benzene rings is 4. The van der Waals surface area contributed by atoms with Gasteiger partial charge in [0.25, 0.3) is 0 Å². The van der Waals surface area contributed by atoms with Crippen LogP contribution < -0.4 is 5.46 Å². The minimum absolute atomic E-state index is 0.420. The third-order valence-corrected chi connectivity index (χ3v) is 8.65. The Morgan fingerprint density at radius 1 is 0.636 bits per heavy atom. The molecule has 3 nitrogen and oxygen atoms in total. The molecule has 0 amide bonds. The zero-order valence-corrected chi connectivity index (χ0v) is 19.9. The van der Waals surface area contributed by atoms with Gasteiger partial charge in [-0.25, -0.2) is 0 Å². The molecule has 0 spiro atoms. The molecule has 162 valence electrons. The third-order valence-electron chi connectivity index (χ3n) is 7.53. The van der Waals surface area contributed by atoms with E-state index in [1.165, 1.54) is 20.2 Å². The molecule has 5 heteroatoms. The van der Waals surface area contributed by atoms with Crippen LogP contribution in [0.25, 0.3) is 52.9 Å². The highest BCUT2D eigenvalue weighted by Gasteiger charge is 2.52. The Hall–Kier alpha value is -2.86. The fourth-order valence-corrected chi connectivity index (χ4v) is 6.18. The van der Waals surface area contributed by atoms with Gasteiger partial charge in [-0.1, -0.05) is 48.5 Å². The third kappa shape index (κ3) is 2.59. The SMILES string of the molecule is CC1(C)OB(c2ccc3sc4cccc5c6ccc7ccccc7c6oc2c3c45)OC1(C)C. The van der Waals surface area contributed by atoms with Crippen molar-refractivity contribution in [3.8, 4) is 0 Å². The molecule has 3 heterocycles. The maximum absolute atomic E-state index is 6.92. The van der Waals surface area contributed by atoms with Crippen LogP contribution >= 0.6 is 11.3 Å². The lowest BCUT2D eigenvalue weighted by atomic mass is 9.78. The Morgan fingerprint density at radius 3 is 2.18 bits per heavy atom. The van der Waals surface area contributed by atoms with E-state index in [0.29, 0.717) is 0 Å². The predicted molar refractivity (Wildman–Crippen MR) is 140 cm³/mol. The van der Waals surface area contributed by atoms with E-state index in [2.05, 4.69) is 94.4 Å². The van der Waals surface area contributed by atoms with Gasteiger partial charge in [-0.3, -0.25) is 0 Å². The van der Waals surface area contributed by atoms with Crippen molar-refractivity contribution in [1.82, 2.24) is 0 Å². The van der Waals surface area contributed by atoms with Gasteiger partial charge in [0.1, 0.15) is 11.2 Å². The van der Waals surface area contributed by atoms with Crippen LogP contribution in [0.4, 0.5) is 0 Å². The molecule has 0 bridgehead atoms. The average Bonchev–Trinajstić information content (AvgIpc) is 3.21. The van der Waals surface area contributed by atoms with E-state index in [9.17, 15) is 0 Å². The van der Waals surface area contributed by atoms with Crippen molar-refractivity contribution >= 4 is 76.8 Å². The van der Waals surface area contributed by atoms with Crippen molar-refractivity contribution in [2.75, 3.05) is 0 Å². The zero-order chi connectivity index (χ0) is 22.5. The van der Waals surface area contributed by atoms with Gasteiger partial charge in [0.2, 0.25) is 0 Å². The summed E-state index contributed by atoms with van der Waals surface area (Å²) >= 11 is 1.81. The highest BCUT2D eigenvalue weighted by molar-refractivity contribution is 7.26. The van der Waals surface area contributed by atoms with Crippen LogP contribution in [-0.2, 0) is 9.31 Å². The van der Waals surface area contributed by atoms with Crippen LogP contribution in [-0.4, -0.2) is 18.3 Å². The molecular weight excluding hydrogens is 427 g/mol. The quantitative estimate of drug-likeness (QED) is 0.245. The number of fused-ring (bicyclic) bond motifs is 4. The molecule has 0 atom stereocenters. The lowest BCUT2D eigenvalue weighted by molar-refractivity contribution is 0.00578. The van der Waals surface area contributed by atoms with Gasteiger partial charge in [-0.05, 0) is 56.7 Å². The number of rotatable bonds is 1. The molecule has 4 aromatic carbocycles. The second-order valence-corrected chi connectivity index (χ2v) is 11.1. The first-order valence-electron chi connectivity index (χ1n) is 11.4. The standard InChI is InChI=1S/C28H23BO3S/c1-27(2)28(3,4)32-29(31-27)20-14-15-22-24-23-18(10-7-11-21(23)33-22)19-13-12-16-8-5-6-9-17(16)25(19)30-26(20)24/h5-15H,1-4H3. The van der Waals surface area contributed by atoms with Gasteiger partial charge < -0.3 is 13.7 Å². The fourth-order valence-electron chi connectivity index (χ4n) is 5.05. The minimum atomic E-state index is -0.493. The Balaban J connectivity index is 1.69. The normalized spacial score (nSPS) is 17.9. The lowest BCUT2D eigenvalue weighted by Crippen LogP contribution is -2.41. The maximum Gasteiger partial charge on any atom is 0.498 e. The lowest BCUT2D eigenvalue weighted by Gasteiger charge is -2.32. The van der Waals surface area contributed by atoms with E-state index >= 15 is 0 Å². The minimum Gasteiger partial charge on any atom is -0.456 e. The Labute approximate surface area is 196 Å². The van der Waals surface area contributed by atoms with Gasteiger partial charge >= 0.3 is 7.12 Å². The van der Waals surface area contributed by atoms with E-state index in [4.69, 9.17) is 13.7 Å². The summed E-state index contributed by atoms with van der Waals surface area (Å²) in [5.74, 6) is 0. The first-order valence-corrected chi connectivity index (χ1v) is 12.2. The maximum atomic E-state index is 6.92. The van der Waals surface area contributed by atoms with E-state index in [-0.39, 0.29) is 0 Å². The summed E-state index contributed by atoms with van der Waals surface area (Å²) in [4.78, 5) is 0. The molecule has 1 fully saturated rings. The van der Waals surface area contributed by atoms with Gasteiger partial charge in [-0.2, -0.15) is 0 Å². The van der Waals surface area contributed by atoms with Crippen molar-refractivity contribution < 1.29 is 13.7 Å². The molecule has 0 unspecified atom stereocenters. The first kappa shape index (κ1) is 19.6. The van der Waals surface area contributed by atoms with Crippen molar-refractivity contribution in [3.05, 3.63) is 66.7 Å². The smallest absolute Gasteiger partial charge is 0.456 e. The van der Waals surface area contributed by atoms with Crippen LogP contribution in [0.3, 0.4) is 0 Å². The summed E-state index contributed by atoms with van der Waals surface area (Å²) in [6.45, 7) is 8.35. The molecule has 0 aliphatic carbocycles. The average molecular weight is 450 g/mol. The molecular formula is C28H23BO3S. The van der Waals surface area contributed by atoms with E-state index in [1.54, 1.807) is 11.3 Å². The highest BCUT2D eigenvalue weighted by atomic mass is 32.1. The molecule has 7 rings (SSSR count). The Morgan fingerprint density at radius 2 is 1.36 bits per heavy atom. The van der Waals surface area contributed by atoms with E-state index < -0.39 is 18.3 Å². The largest absolute Gasteiger partial charge is 0.498 e. The second kappa shape index (κ2) is 6.38. The van der Waals surface area contributed by atoms with Crippen LogP contribution in [0, 0.1) is 0 Å². The summed E-state index contributed by atoms with van der Waals surface area (Å²) < 4.78 is 22.3. The molecule has 1 aliphatic heterocycles. The monoisotopic (exact) mass is 450 g/mol. The number of hydrogen-bond donors (Lipinski definition) is 0. The zero-order valence-electron chi connectivity index (χ0n) is 19.1. The Bertz CT molecular complexity index is 1720. The topological polar surface area (TPSA) is 31.6 Å².